The van der Waals surface area contributed by atoms with Gasteiger partial charge in [-0.3, -0.25) is 19.8 Å². The van der Waals surface area contributed by atoms with E-state index >= 15 is 0 Å². The summed E-state index contributed by atoms with van der Waals surface area (Å²) >= 11 is 6.27. The standard InChI is InChI=1S/C15H10N2O5S2/c18-12-4-3-10(17(20)21)6-9(12)7-13-14(19)16(15(23)24-13)8-11-2-1-5-22-11/h1-7,18H,8H2/b13-7+. The molecule has 1 saturated heterocycles. The van der Waals surface area contributed by atoms with Crippen LogP contribution in [0.15, 0.2) is 45.9 Å². The monoisotopic (exact) mass is 362 g/mol. The molecule has 0 atom stereocenters. The third-order valence-corrected chi connectivity index (χ3v) is 4.65. The van der Waals surface area contributed by atoms with Crippen molar-refractivity contribution in [3.63, 3.8) is 0 Å². The first-order valence-electron chi connectivity index (χ1n) is 6.71. The molecule has 7 nitrogen and oxygen atoms in total. The van der Waals surface area contributed by atoms with Gasteiger partial charge in [0.25, 0.3) is 11.6 Å². The lowest BCUT2D eigenvalue weighted by molar-refractivity contribution is -0.384. The summed E-state index contributed by atoms with van der Waals surface area (Å²) in [5, 5.41) is 20.7. The van der Waals surface area contributed by atoms with Gasteiger partial charge in [0.1, 0.15) is 15.8 Å². The predicted molar refractivity (Wildman–Crippen MR) is 92.2 cm³/mol. The van der Waals surface area contributed by atoms with Crippen LogP contribution in [-0.4, -0.2) is 25.2 Å². The number of nitro benzene ring substituents is 1. The van der Waals surface area contributed by atoms with Crippen molar-refractivity contribution >= 4 is 46.0 Å². The molecular weight excluding hydrogens is 352 g/mol. The van der Waals surface area contributed by atoms with Crippen LogP contribution in [0.3, 0.4) is 0 Å². The number of thiocarbonyl (C=S) groups is 1. The smallest absolute Gasteiger partial charge is 0.270 e. The van der Waals surface area contributed by atoms with Gasteiger partial charge in [0.2, 0.25) is 0 Å². The molecule has 3 rings (SSSR count). The van der Waals surface area contributed by atoms with E-state index in [1.165, 1.54) is 35.4 Å². The maximum absolute atomic E-state index is 12.5. The van der Waals surface area contributed by atoms with Crippen LogP contribution >= 0.6 is 24.0 Å². The Balaban J connectivity index is 1.89. The van der Waals surface area contributed by atoms with Crippen molar-refractivity contribution in [1.29, 1.82) is 0 Å². The van der Waals surface area contributed by atoms with E-state index < -0.39 is 4.92 Å². The maximum Gasteiger partial charge on any atom is 0.270 e. The van der Waals surface area contributed by atoms with E-state index in [4.69, 9.17) is 16.6 Å². The largest absolute Gasteiger partial charge is 0.507 e. The minimum absolute atomic E-state index is 0.156. The highest BCUT2D eigenvalue weighted by molar-refractivity contribution is 8.26. The summed E-state index contributed by atoms with van der Waals surface area (Å²) in [5.41, 5.74) is 0.00723. The number of carbonyl (C=O) groups is 1. The van der Waals surface area contributed by atoms with Crippen LogP contribution in [-0.2, 0) is 11.3 Å². The van der Waals surface area contributed by atoms with Gasteiger partial charge in [0.05, 0.1) is 22.6 Å². The van der Waals surface area contributed by atoms with Crippen LogP contribution in [0.5, 0.6) is 5.75 Å². The number of carbonyl (C=O) groups excluding carboxylic acids is 1. The molecule has 1 N–H and O–H groups in total. The topological polar surface area (TPSA) is 96.8 Å². The molecule has 2 aromatic rings. The van der Waals surface area contributed by atoms with E-state index in [-0.39, 0.29) is 34.4 Å². The SMILES string of the molecule is O=C1/C(=C\c2cc([N+](=O)[O-])ccc2O)SC(=S)N1Cc1ccco1. The molecule has 0 bridgehead atoms. The van der Waals surface area contributed by atoms with Crippen molar-refractivity contribution in [3.8, 4) is 5.75 Å². The summed E-state index contributed by atoms with van der Waals surface area (Å²) in [4.78, 5) is 24.4. The number of furan rings is 1. The maximum atomic E-state index is 12.5. The van der Waals surface area contributed by atoms with E-state index in [0.717, 1.165) is 11.8 Å². The molecule has 9 heteroatoms. The van der Waals surface area contributed by atoms with Gasteiger partial charge in [-0.05, 0) is 24.3 Å². The van der Waals surface area contributed by atoms with Gasteiger partial charge in [0, 0.05) is 17.7 Å². The molecule has 0 saturated carbocycles. The summed E-state index contributed by atoms with van der Waals surface area (Å²) in [6, 6.07) is 7.05. The highest BCUT2D eigenvalue weighted by Gasteiger charge is 2.32. The van der Waals surface area contributed by atoms with Gasteiger partial charge in [-0.15, -0.1) is 0 Å². The fraction of sp³-hybridized carbons (Fsp3) is 0.0667. The zero-order chi connectivity index (χ0) is 17.3. The second-order valence-corrected chi connectivity index (χ2v) is 6.52. The van der Waals surface area contributed by atoms with Crippen molar-refractivity contribution in [3.05, 3.63) is 62.9 Å². The Bertz CT molecular complexity index is 861. The fourth-order valence-electron chi connectivity index (χ4n) is 2.11. The number of nitro groups is 1. The molecule has 0 radical (unpaired) electrons. The molecule has 0 spiro atoms. The first-order chi connectivity index (χ1) is 11.5. The Hall–Kier alpha value is -2.65. The molecule has 1 aromatic heterocycles. The Labute approximate surface area is 145 Å². The van der Waals surface area contributed by atoms with Crippen LogP contribution in [0.4, 0.5) is 5.69 Å². The van der Waals surface area contributed by atoms with Gasteiger partial charge in [-0.1, -0.05) is 24.0 Å². The number of phenols is 1. The number of thioether (sulfide) groups is 1. The zero-order valence-electron chi connectivity index (χ0n) is 12.0. The number of nitrogens with zero attached hydrogens (tertiary/aromatic N) is 2. The molecule has 1 fully saturated rings. The average Bonchev–Trinajstić information content (AvgIpc) is 3.14. The summed E-state index contributed by atoms with van der Waals surface area (Å²) < 4.78 is 5.56. The first kappa shape index (κ1) is 16.2. The Kier molecular flexibility index (Phi) is 4.36. The quantitative estimate of drug-likeness (QED) is 0.386. The number of aromatic hydroxyl groups is 1. The minimum atomic E-state index is -0.571. The summed E-state index contributed by atoms with van der Waals surface area (Å²) in [7, 11) is 0. The first-order valence-corrected chi connectivity index (χ1v) is 7.93. The molecule has 24 heavy (non-hydrogen) atoms. The van der Waals surface area contributed by atoms with Gasteiger partial charge < -0.3 is 9.52 Å². The van der Waals surface area contributed by atoms with E-state index in [2.05, 4.69) is 0 Å². The number of rotatable bonds is 4. The van der Waals surface area contributed by atoms with Crippen molar-refractivity contribution in [1.82, 2.24) is 4.90 Å². The summed E-state index contributed by atoms with van der Waals surface area (Å²) in [5.74, 6) is 0.0926. The molecule has 122 valence electrons. The van der Waals surface area contributed by atoms with Crippen molar-refractivity contribution in [2.24, 2.45) is 0 Å². The highest BCUT2D eigenvalue weighted by Crippen LogP contribution is 2.35. The Morgan fingerprint density at radius 3 is 2.88 bits per heavy atom. The number of non-ortho nitro benzene ring substituents is 1. The normalized spacial score (nSPS) is 16.2. The lowest BCUT2D eigenvalue weighted by Crippen LogP contribution is -2.27. The Morgan fingerprint density at radius 2 is 2.21 bits per heavy atom. The van der Waals surface area contributed by atoms with Gasteiger partial charge in [-0.25, -0.2) is 0 Å². The highest BCUT2D eigenvalue weighted by atomic mass is 32.2. The molecular formula is C15H10N2O5S2. The van der Waals surface area contributed by atoms with Crippen LogP contribution in [0, 0.1) is 10.1 Å². The fourth-order valence-corrected chi connectivity index (χ4v) is 3.35. The molecule has 1 aromatic carbocycles. The molecule has 2 heterocycles. The van der Waals surface area contributed by atoms with E-state index in [1.807, 2.05) is 0 Å². The second-order valence-electron chi connectivity index (χ2n) is 4.85. The molecule has 1 aliphatic rings. The Morgan fingerprint density at radius 1 is 1.42 bits per heavy atom. The third kappa shape index (κ3) is 3.17. The molecule has 0 aliphatic carbocycles. The lowest BCUT2D eigenvalue weighted by Gasteiger charge is -2.11. The summed E-state index contributed by atoms with van der Waals surface area (Å²) in [6.07, 6.45) is 2.90. The van der Waals surface area contributed by atoms with Crippen molar-refractivity contribution < 1.29 is 19.2 Å². The van der Waals surface area contributed by atoms with Crippen molar-refractivity contribution in [2.75, 3.05) is 0 Å². The molecule has 1 amide bonds. The van der Waals surface area contributed by atoms with Crippen LogP contribution in [0.25, 0.3) is 6.08 Å². The number of amides is 1. The number of hydrogen-bond acceptors (Lipinski definition) is 7. The third-order valence-electron chi connectivity index (χ3n) is 3.28. The minimum Gasteiger partial charge on any atom is -0.507 e. The number of phenolic OH excluding ortho intramolecular Hbond substituents is 1. The molecule has 1 aliphatic heterocycles. The van der Waals surface area contributed by atoms with Gasteiger partial charge in [0.15, 0.2) is 0 Å². The van der Waals surface area contributed by atoms with Crippen LogP contribution in [0.2, 0.25) is 0 Å². The van der Waals surface area contributed by atoms with Gasteiger partial charge in [-0.2, -0.15) is 0 Å². The van der Waals surface area contributed by atoms with E-state index in [9.17, 15) is 20.0 Å². The predicted octanol–water partition coefficient (Wildman–Crippen LogP) is 3.29. The van der Waals surface area contributed by atoms with Gasteiger partial charge >= 0.3 is 0 Å². The van der Waals surface area contributed by atoms with Crippen LogP contribution < -0.4 is 0 Å². The lowest BCUT2D eigenvalue weighted by atomic mass is 10.1. The average molecular weight is 362 g/mol. The molecule has 0 unspecified atom stereocenters. The second kappa shape index (κ2) is 6.46. The zero-order valence-corrected chi connectivity index (χ0v) is 13.7. The number of benzene rings is 1. The van der Waals surface area contributed by atoms with Crippen LogP contribution in [0.1, 0.15) is 11.3 Å². The number of hydrogen-bond donors (Lipinski definition) is 1. The van der Waals surface area contributed by atoms with Crippen molar-refractivity contribution in [2.45, 2.75) is 6.54 Å². The van der Waals surface area contributed by atoms with E-state index in [1.54, 1.807) is 12.1 Å². The van der Waals surface area contributed by atoms with E-state index in [0.29, 0.717) is 10.1 Å². The summed E-state index contributed by atoms with van der Waals surface area (Å²) in [6.45, 7) is 0.204.